The number of rotatable bonds is 9. The molecule has 3 fully saturated rings. The van der Waals surface area contributed by atoms with E-state index in [4.69, 9.17) is 9.47 Å². The van der Waals surface area contributed by atoms with Crippen LogP contribution in [0, 0.1) is 0 Å². The number of anilines is 1. The van der Waals surface area contributed by atoms with Crippen LogP contribution in [0.15, 0.2) is 42.5 Å². The van der Waals surface area contributed by atoms with Gasteiger partial charge >= 0.3 is 0 Å². The summed E-state index contributed by atoms with van der Waals surface area (Å²) in [7, 11) is 0. The van der Waals surface area contributed by atoms with Gasteiger partial charge < -0.3 is 24.2 Å². The summed E-state index contributed by atoms with van der Waals surface area (Å²) in [6.45, 7) is 31.0. The summed E-state index contributed by atoms with van der Waals surface area (Å²) < 4.78 is 10.7. The number of nitrogens with zero attached hydrogens (tertiary/aromatic N) is 5. The fraction of sp³-hybridized carbons (Fsp3) is 0.740. The number of carbonyl (C=O) groups is 1. The van der Waals surface area contributed by atoms with Crippen LogP contribution in [0.2, 0.25) is 0 Å². The molecule has 0 bridgehead atoms. The maximum Gasteiger partial charge on any atom is 0.231 e. The van der Waals surface area contributed by atoms with Crippen molar-refractivity contribution in [2.75, 3.05) is 70.6 Å². The Labute approximate surface area is 359 Å². The second-order valence-electron chi connectivity index (χ2n) is 17.4. The molecule has 58 heavy (non-hydrogen) atoms. The van der Waals surface area contributed by atoms with Crippen molar-refractivity contribution >= 4 is 11.5 Å². The lowest BCUT2D eigenvalue weighted by Crippen LogP contribution is -2.53. The number of hydrogen-bond donors (Lipinski definition) is 0. The Morgan fingerprint density at radius 2 is 1.03 bits per heavy atom. The van der Waals surface area contributed by atoms with Crippen LogP contribution in [0.3, 0.4) is 0 Å². The van der Waals surface area contributed by atoms with Crippen LogP contribution in [0.1, 0.15) is 147 Å². The minimum atomic E-state index is 0. The summed E-state index contributed by atoms with van der Waals surface area (Å²) in [6.07, 6.45) is 12.5. The van der Waals surface area contributed by atoms with E-state index < -0.39 is 0 Å². The number of ketones is 1. The van der Waals surface area contributed by atoms with Crippen LogP contribution in [0.4, 0.5) is 5.69 Å². The lowest BCUT2D eigenvalue weighted by molar-refractivity contribution is -0.124. The molecule has 1 unspecified atom stereocenters. The van der Waals surface area contributed by atoms with Crippen molar-refractivity contribution in [2.45, 2.75) is 179 Å². The zero-order valence-corrected chi connectivity index (χ0v) is 36.5. The van der Waals surface area contributed by atoms with Crippen LogP contribution in [-0.2, 0) is 17.6 Å². The summed E-state index contributed by atoms with van der Waals surface area (Å²) in [6, 6.07) is 17.4. The third-order valence-corrected chi connectivity index (χ3v) is 12.2. The van der Waals surface area contributed by atoms with Crippen LogP contribution < -0.4 is 14.4 Å². The molecule has 5 aliphatic heterocycles. The van der Waals surface area contributed by atoms with E-state index in [0.717, 1.165) is 61.7 Å². The Morgan fingerprint density at radius 1 is 0.552 bits per heavy atom. The number of para-hydroxylation sites is 1. The average molecular weight is 810 g/mol. The van der Waals surface area contributed by atoms with Crippen LogP contribution in [0.5, 0.6) is 11.5 Å². The molecule has 3 saturated heterocycles. The molecular weight excluding hydrogens is 719 g/mol. The topological polar surface area (TPSA) is 51.7 Å². The fourth-order valence-corrected chi connectivity index (χ4v) is 8.36. The largest absolute Gasteiger partial charge is 0.454 e. The molecule has 8 heteroatoms. The van der Waals surface area contributed by atoms with Crippen LogP contribution >= 0.6 is 0 Å². The Balaban J connectivity index is 0.000000417. The third-order valence-electron chi connectivity index (χ3n) is 12.2. The molecule has 2 aromatic rings. The van der Waals surface area contributed by atoms with Crippen molar-refractivity contribution in [1.82, 2.24) is 19.6 Å². The zero-order valence-electron chi connectivity index (χ0n) is 36.5. The summed E-state index contributed by atoms with van der Waals surface area (Å²) in [5, 5.41) is 0. The Hall–Kier alpha value is -2.65. The highest BCUT2D eigenvalue weighted by atomic mass is 16.7. The normalized spacial score (nSPS) is 18.9. The van der Waals surface area contributed by atoms with E-state index in [1.54, 1.807) is 0 Å². The Kier molecular flexibility index (Phi) is 25.7. The molecule has 2 aromatic carbocycles. The van der Waals surface area contributed by atoms with Gasteiger partial charge in [-0.15, -0.1) is 0 Å². The molecule has 5 heterocycles. The third kappa shape index (κ3) is 17.1. The predicted molar refractivity (Wildman–Crippen MR) is 252 cm³/mol. The molecule has 0 aromatic heterocycles. The highest BCUT2D eigenvalue weighted by Gasteiger charge is 2.26. The smallest absolute Gasteiger partial charge is 0.231 e. The number of piperidine rings is 1. The summed E-state index contributed by atoms with van der Waals surface area (Å²) in [5.74, 6) is 1.91. The van der Waals surface area contributed by atoms with Crippen LogP contribution in [0.25, 0.3) is 0 Å². The van der Waals surface area contributed by atoms with Crippen molar-refractivity contribution in [2.24, 2.45) is 0 Å². The molecule has 1 atom stereocenters. The van der Waals surface area contributed by atoms with Crippen molar-refractivity contribution in [3.63, 3.8) is 0 Å². The first-order chi connectivity index (χ1) is 26.4. The summed E-state index contributed by atoms with van der Waals surface area (Å²) in [4.78, 5) is 25.0. The molecular formula is C50H91N5O3. The van der Waals surface area contributed by atoms with Crippen molar-refractivity contribution in [3.8, 4) is 11.5 Å². The van der Waals surface area contributed by atoms with E-state index in [1.165, 1.54) is 95.3 Å². The van der Waals surface area contributed by atoms with Gasteiger partial charge in [-0.05, 0) is 156 Å². The number of Topliss-reactive ketones (excluding diaryl/α,β-unsaturated/α-hetero) is 1. The van der Waals surface area contributed by atoms with E-state index in [-0.39, 0.29) is 35.1 Å². The number of fused-ring (bicyclic) bond motifs is 2. The minimum Gasteiger partial charge on any atom is -0.454 e. The fourth-order valence-electron chi connectivity index (χ4n) is 8.36. The van der Waals surface area contributed by atoms with Gasteiger partial charge in [0, 0.05) is 69.0 Å². The Morgan fingerprint density at radius 3 is 1.57 bits per heavy atom. The van der Waals surface area contributed by atoms with E-state index >= 15 is 0 Å². The van der Waals surface area contributed by atoms with Crippen molar-refractivity contribution in [1.29, 1.82) is 0 Å². The number of piperazine rings is 1. The first kappa shape index (κ1) is 53.4. The lowest BCUT2D eigenvalue weighted by atomic mass is 10.0. The molecule has 5 aliphatic rings. The minimum absolute atomic E-state index is 0. The molecule has 0 radical (unpaired) electrons. The maximum absolute atomic E-state index is 12.6. The summed E-state index contributed by atoms with van der Waals surface area (Å²) in [5.41, 5.74) is 4.07. The second-order valence-corrected chi connectivity index (χ2v) is 17.4. The van der Waals surface area contributed by atoms with E-state index in [0.29, 0.717) is 24.3 Å². The van der Waals surface area contributed by atoms with Gasteiger partial charge in [0.2, 0.25) is 6.79 Å². The molecule has 0 aliphatic carbocycles. The van der Waals surface area contributed by atoms with Gasteiger partial charge in [0.1, 0.15) is 5.78 Å². The van der Waals surface area contributed by atoms with E-state index in [1.807, 2.05) is 25.1 Å². The van der Waals surface area contributed by atoms with E-state index in [2.05, 4.69) is 104 Å². The molecule has 0 saturated carbocycles. The molecule has 0 spiro atoms. The van der Waals surface area contributed by atoms with Gasteiger partial charge in [-0.25, -0.2) is 0 Å². The van der Waals surface area contributed by atoms with E-state index in [9.17, 15) is 4.79 Å². The summed E-state index contributed by atoms with van der Waals surface area (Å²) >= 11 is 0. The van der Waals surface area contributed by atoms with Crippen LogP contribution in [-0.4, -0.2) is 121 Å². The molecule has 0 N–H and O–H groups in total. The monoisotopic (exact) mass is 810 g/mol. The molecule has 7 rings (SSSR count). The molecule has 0 amide bonds. The van der Waals surface area contributed by atoms with Gasteiger partial charge in [0.05, 0.1) is 6.04 Å². The standard InChI is InChI=1S/C19H28N2O3.C11H15N.C9H19N.C8H17N.3CH4/c1-14(2)20-8-10-21(11-9-20)15(3)17(22)6-4-16-5-7-18-19(12-16)24-13-23-18;1-9(2)12-8-7-10-5-3-4-6-11(10)12;1-9(2)10-7-5-3-4-6-8-10;1-8(2)9-6-4-3-5-7-9;;;/h5,7,12,14-15H,4,6,8-11,13H2,1-3H3;3-6,9H,7-8H2,1-2H3;9H,3-8H2,1-2H3;8H,3-7H2,1-2H3;3*1H4. The highest BCUT2D eigenvalue weighted by molar-refractivity contribution is 5.83. The SMILES string of the molecule is C.C.C.CC(C)N1CCCCC1.CC(C)N1CCCCCC1.CC(C)N1CCN(C(C)C(=O)CCc2ccc3c(c2)OCO3)CC1.CC(C)N1CCc2ccccc21. The maximum atomic E-state index is 12.6. The van der Waals surface area contributed by atoms with Gasteiger partial charge in [-0.2, -0.15) is 0 Å². The zero-order chi connectivity index (χ0) is 39.7. The van der Waals surface area contributed by atoms with Gasteiger partial charge in [0.25, 0.3) is 0 Å². The average Bonchev–Trinajstić information content (AvgIpc) is 3.76. The van der Waals surface area contributed by atoms with Crippen molar-refractivity contribution in [3.05, 3.63) is 53.6 Å². The molecule has 334 valence electrons. The van der Waals surface area contributed by atoms with Gasteiger partial charge in [-0.3, -0.25) is 14.6 Å². The first-order valence-corrected chi connectivity index (χ1v) is 22.2. The number of ether oxygens (including phenoxy) is 2. The lowest BCUT2D eigenvalue weighted by Gasteiger charge is -2.39. The number of benzene rings is 2. The number of aryl methyl sites for hydroxylation is 1. The quantitative estimate of drug-likeness (QED) is 0.248. The molecule has 8 nitrogen and oxygen atoms in total. The second kappa shape index (κ2) is 28.0. The number of hydrogen-bond acceptors (Lipinski definition) is 8. The first-order valence-electron chi connectivity index (χ1n) is 22.2. The van der Waals surface area contributed by atoms with Crippen molar-refractivity contribution < 1.29 is 14.3 Å². The Bertz CT molecular complexity index is 1380. The van der Waals surface area contributed by atoms with Gasteiger partial charge in [-0.1, -0.05) is 65.8 Å². The van der Waals surface area contributed by atoms with Gasteiger partial charge in [0.15, 0.2) is 11.5 Å². The highest BCUT2D eigenvalue weighted by Crippen LogP contribution is 2.33. The number of carbonyl (C=O) groups excluding carboxylic acids is 1. The number of likely N-dealkylation sites (tertiary alicyclic amines) is 2. The predicted octanol–water partition coefficient (Wildman–Crippen LogP) is 10.8.